The number of carbonyl (C=O) groups is 2. The summed E-state index contributed by atoms with van der Waals surface area (Å²) in [5.74, 6) is -0.308. The number of carbonyl (C=O) groups excluding carboxylic acids is 2. The predicted octanol–water partition coefficient (Wildman–Crippen LogP) is 4.08. The molecule has 0 fully saturated rings. The third kappa shape index (κ3) is 4.93. The summed E-state index contributed by atoms with van der Waals surface area (Å²) in [6.07, 6.45) is 0. The van der Waals surface area contributed by atoms with Gasteiger partial charge in [-0.25, -0.2) is 4.79 Å². The smallest absolute Gasteiger partial charge is 0.323 e. The second-order valence-corrected chi connectivity index (χ2v) is 5.80. The van der Waals surface area contributed by atoms with Crippen molar-refractivity contribution >= 4 is 29.0 Å². The van der Waals surface area contributed by atoms with Gasteiger partial charge in [0.25, 0.3) is 5.91 Å². The Hall–Kier alpha value is -3.64. The molecule has 0 saturated carbocycles. The van der Waals surface area contributed by atoms with Crippen LogP contribution in [0.15, 0.2) is 78.9 Å². The van der Waals surface area contributed by atoms with Gasteiger partial charge in [-0.05, 0) is 42.0 Å². The second-order valence-electron chi connectivity index (χ2n) is 5.80. The molecule has 0 aromatic heterocycles. The highest BCUT2D eigenvalue weighted by Gasteiger charge is 2.11. The maximum Gasteiger partial charge on any atom is 0.323 e. The Morgan fingerprint density at radius 2 is 1.30 bits per heavy atom. The number of urea groups is 1. The number of aliphatic hydroxyl groups is 1. The first kappa shape index (κ1) is 18.2. The fourth-order valence-corrected chi connectivity index (χ4v) is 2.46. The average molecular weight is 361 g/mol. The lowest BCUT2D eigenvalue weighted by molar-refractivity contribution is 0.102. The van der Waals surface area contributed by atoms with Gasteiger partial charge in [-0.3, -0.25) is 4.79 Å². The molecule has 0 aliphatic rings. The molecule has 0 aliphatic carbocycles. The zero-order valence-corrected chi connectivity index (χ0v) is 14.5. The van der Waals surface area contributed by atoms with E-state index in [4.69, 9.17) is 5.11 Å². The number of amides is 3. The van der Waals surface area contributed by atoms with E-state index in [0.717, 1.165) is 5.56 Å². The molecule has 3 aromatic carbocycles. The number of benzene rings is 3. The molecule has 6 nitrogen and oxygen atoms in total. The first-order valence-electron chi connectivity index (χ1n) is 8.39. The van der Waals surface area contributed by atoms with Crippen LogP contribution in [0.4, 0.5) is 21.9 Å². The lowest BCUT2D eigenvalue weighted by Crippen LogP contribution is -2.21. The summed E-state index contributed by atoms with van der Waals surface area (Å²) in [6.45, 7) is -0.0782. The first-order chi connectivity index (χ1) is 13.2. The van der Waals surface area contributed by atoms with Crippen molar-refractivity contribution in [2.24, 2.45) is 0 Å². The number of para-hydroxylation sites is 3. The highest BCUT2D eigenvalue weighted by molar-refractivity contribution is 6.08. The van der Waals surface area contributed by atoms with E-state index >= 15 is 0 Å². The lowest BCUT2D eigenvalue weighted by Gasteiger charge is -2.13. The minimum absolute atomic E-state index is 0.0782. The maximum atomic E-state index is 12.4. The zero-order valence-electron chi connectivity index (χ0n) is 14.5. The SMILES string of the molecule is O=C(Nc1ccccc1)Nc1ccccc1NC(=O)c1ccc(CO)cc1. The molecule has 3 aromatic rings. The Labute approximate surface area is 156 Å². The van der Waals surface area contributed by atoms with Crippen LogP contribution in [-0.2, 0) is 6.61 Å². The van der Waals surface area contributed by atoms with Crippen molar-refractivity contribution in [2.75, 3.05) is 16.0 Å². The fourth-order valence-electron chi connectivity index (χ4n) is 2.46. The Kier molecular flexibility index (Phi) is 5.81. The van der Waals surface area contributed by atoms with E-state index in [1.165, 1.54) is 0 Å². The number of nitrogens with one attached hydrogen (secondary N) is 3. The third-order valence-electron chi connectivity index (χ3n) is 3.85. The van der Waals surface area contributed by atoms with Gasteiger partial charge in [0.05, 0.1) is 18.0 Å². The highest BCUT2D eigenvalue weighted by Crippen LogP contribution is 2.22. The van der Waals surface area contributed by atoms with Gasteiger partial charge in [-0.1, -0.05) is 42.5 Å². The monoisotopic (exact) mass is 361 g/mol. The van der Waals surface area contributed by atoms with Crippen molar-refractivity contribution in [3.63, 3.8) is 0 Å². The molecule has 0 radical (unpaired) electrons. The van der Waals surface area contributed by atoms with E-state index < -0.39 is 6.03 Å². The second kappa shape index (κ2) is 8.64. The van der Waals surface area contributed by atoms with E-state index in [-0.39, 0.29) is 12.5 Å². The molecular weight excluding hydrogens is 342 g/mol. The van der Waals surface area contributed by atoms with E-state index in [9.17, 15) is 9.59 Å². The minimum atomic E-state index is -0.407. The Morgan fingerprint density at radius 1 is 0.704 bits per heavy atom. The van der Waals surface area contributed by atoms with Crippen LogP contribution in [0.2, 0.25) is 0 Å². The van der Waals surface area contributed by atoms with Crippen molar-refractivity contribution in [3.05, 3.63) is 90.0 Å². The van der Waals surface area contributed by atoms with E-state index in [0.29, 0.717) is 22.6 Å². The van der Waals surface area contributed by atoms with Gasteiger partial charge < -0.3 is 21.1 Å². The van der Waals surface area contributed by atoms with Gasteiger partial charge >= 0.3 is 6.03 Å². The van der Waals surface area contributed by atoms with Gasteiger partial charge in [0.2, 0.25) is 0 Å². The van der Waals surface area contributed by atoms with Crippen molar-refractivity contribution in [1.29, 1.82) is 0 Å². The normalized spacial score (nSPS) is 10.1. The molecule has 0 heterocycles. The molecule has 136 valence electrons. The molecule has 6 heteroatoms. The molecule has 0 aliphatic heterocycles. The molecule has 0 unspecified atom stereocenters. The van der Waals surface area contributed by atoms with Crippen LogP contribution in [0.3, 0.4) is 0 Å². The maximum absolute atomic E-state index is 12.4. The van der Waals surface area contributed by atoms with Gasteiger partial charge in [0.15, 0.2) is 0 Å². The van der Waals surface area contributed by atoms with Crippen LogP contribution in [0.25, 0.3) is 0 Å². The summed E-state index contributed by atoms with van der Waals surface area (Å²) in [5.41, 5.74) is 2.81. The Bertz CT molecular complexity index is 925. The standard InChI is InChI=1S/C21H19N3O3/c25-14-15-10-12-16(13-11-15)20(26)23-18-8-4-5-9-19(18)24-21(27)22-17-6-2-1-3-7-17/h1-13,25H,14H2,(H,23,26)(H2,22,24,27). The molecule has 3 amide bonds. The lowest BCUT2D eigenvalue weighted by atomic mass is 10.1. The summed E-state index contributed by atoms with van der Waals surface area (Å²) >= 11 is 0. The summed E-state index contributed by atoms with van der Waals surface area (Å²) in [6, 6.07) is 22.3. The van der Waals surface area contributed by atoms with Crippen LogP contribution in [0.5, 0.6) is 0 Å². The van der Waals surface area contributed by atoms with Gasteiger partial charge in [-0.15, -0.1) is 0 Å². The van der Waals surface area contributed by atoms with Crippen LogP contribution in [0.1, 0.15) is 15.9 Å². The molecule has 4 N–H and O–H groups in total. The summed E-state index contributed by atoms with van der Waals surface area (Å²) in [4.78, 5) is 24.6. The zero-order chi connectivity index (χ0) is 19.1. The molecule has 0 bridgehead atoms. The number of aliphatic hydroxyl groups excluding tert-OH is 1. The minimum Gasteiger partial charge on any atom is -0.392 e. The van der Waals surface area contributed by atoms with Gasteiger partial charge in [0, 0.05) is 11.3 Å². The fraction of sp³-hybridized carbons (Fsp3) is 0.0476. The summed E-state index contributed by atoms with van der Waals surface area (Å²) in [5, 5.41) is 17.3. The molecule has 0 spiro atoms. The molecule has 0 atom stereocenters. The number of hydrogen-bond acceptors (Lipinski definition) is 3. The van der Waals surface area contributed by atoms with Crippen molar-refractivity contribution < 1.29 is 14.7 Å². The first-order valence-corrected chi connectivity index (χ1v) is 8.39. The van der Waals surface area contributed by atoms with Gasteiger partial charge in [0.1, 0.15) is 0 Å². The highest BCUT2D eigenvalue weighted by atomic mass is 16.3. The predicted molar refractivity (Wildman–Crippen MR) is 106 cm³/mol. The van der Waals surface area contributed by atoms with Crippen LogP contribution in [-0.4, -0.2) is 17.0 Å². The Morgan fingerprint density at radius 3 is 1.93 bits per heavy atom. The van der Waals surface area contributed by atoms with Crippen molar-refractivity contribution in [3.8, 4) is 0 Å². The number of rotatable bonds is 5. The Balaban J connectivity index is 1.69. The molecular formula is C21H19N3O3. The number of hydrogen-bond donors (Lipinski definition) is 4. The van der Waals surface area contributed by atoms with Crippen molar-refractivity contribution in [2.45, 2.75) is 6.61 Å². The van der Waals surface area contributed by atoms with E-state index in [1.807, 2.05) is 18.2 Å². The molecule has 0 saturated heterocycles. The van der Waals surface area contributed by atoms with E-state index in [1.54, 1.807) is 60.7 Å². The summed E-state index contributed by atoms with van der Waals surface area (Å²) in [7, 11) is 0. The van der Waals surface area contributed by atoms with Crippen molar-refractivity contribution in [1.82, 2.24) is 0 Å². The largest absolute Gasteiger partial charge is 0.392 e. The quantitative estimate of drug-likeness (QED) is 0.552. The molecule has 3 rings (SSSR count). The topological polar surface area (TPSA) is 90.5 Å². The van der Waals surface area contributed by atoms with Crippen LogP contribution >= 0.6 is 0 Å². The summed E-state index contributed by atoms with van der Waals surface area (Å²) < 4.78 is 0. The average Bonchev–Trinajstić information content (AvgIpc) is 2.70. The van der Waals surface area contributed by atoms with Crippen LogP contribution < -0.4 is 16.0 Å². The molecule has 27 heavy (non-hydrogen) atoms. The van der Waals surface area contributed by atoms with Crippen LogP contribution in [0, 0.1) is 0 Å². The third-order valence-corrected chi connectivity index (χ3v) is 3.85. The number of anilines is 3. The van der Waals surface area contributed by atoms with Gasteiger partial charge in [-0.2, -0.15) is 0 Å². The van der Waals surface area contributed by atoms with E-state index in [2.05, 4.69) is 16.0 Å².